The zero-order valence-electron chi connectivity index (χ0n) is 18.7. The smallest absolute Gasteiger partial charge is 0.171 e. The van der Waals surface area contributed by atoms with Crippen molar-refractivity contribution >= 4 is 21.8 Å². The summed E-state index contributed by atoms with van der Waals surface area (Å²) in [5, 5.41) is 5.74. The first-order valence-electron chi connectivity index (χ1n) is 11.8. The molecular weight excluding hydrogens is 417 g/mol. The lowest BCUT2D eigenvalue weighted by Crippen LogP contribution is -2.43. The minimum Gasteiger partial charge on any atom is -0.486 e. The number of aromatic nitrogens is 2. The second-order valence-electron chi connectivity index (χ2n) is 9.36. The van der Waals surface area contributed by atoms with Crippen LogP contribution < -0.4 is 14.8 Å². The molecule has 6 heteroatoms. The molecule has 4 aromatic rings. The molecule has 0 saturated heterocycles. The van der Waals surface area contributed by atoms with Crippen LogP contribution in [-0.4, -0.2) is 35.3 Å². The number of aryl methyl sites for hydroxylation is 1. The van der Waals surface area contributed by atoms with E-state index in [1.165, 1.54) is 11.6 Å². The highest BCUT2D eigenvalue weighted by Crippen LogP contribution is 2.40. The van der Waals surface area contributed by atoms with Gasteiger partial charge in [-0.2, -0.15) is 0 Å². The average Bonchev–Trinajstić information content (AvgIpc) is 3.26. The van der Waals surface area contributed by atoms with Crippen LogP contribution in [0.2, 0.25) is 0 Å². The fourth-order valence-corrected chi connectivity index (χ4v) is 5.44. The van der Waals surface area contributed by atoms with Crippen molar-refractivity contribution in [1.29, 1.82) is 0 Å². The average molecular weight is 446 g/mol. The third-order valence-corrected chi connectivity index (χ3v) is 7.18. The SMILES string of the molecule is Cc1cc2c(c3cccnc13)O[C@@H](CN[C@H]1CC[C@H](c3c[nH]c4ccc(F)cc43)CC1)CO2. The van der Waals surface area contributed by atoms with Gasteiger partial charge in [0.25, 0.3) is 0 Å². The number of benzene rings is 2. The van der Waals surface area contributed by atoms with Gasteiger partial charge < -0.3 is 19.8 Å². The number of H-pyrrole nitrogens is 1. The third-order valence-electron chi connectivity index (χ3n) is 7.18. The Labute approximate surface area is 192 Å². The summed E-state index contributed by atoms with van der Waals surface area (Å²) >= 11 is 0. The van der Waals surface area contributed by atoms with E-state index in [0.29, 0.717) is 18.6 Å². The minimum absolute atomic E-state index is 0.0297. The van der Waals surface area contributed by atoms with Gasteiger partial charge in [0.1, 0.15) is 18.5 Å². The van der Waals surface area contributed by atoms with Crippen LogP contribution >= 0.6 is 0 Å². The molecule has 3 heterocycles. The van der Waals surface area contributed by atoms with Crippen LogP contribution in [0.25, 0.3) is 21.8 Å². The molecule has 1 saturated carbocycles. The highest BCUT2D eigenvalue weighted by molar-refractivity contribution is 5.90. The minimum atomic E-state index is -0.173. The third kappa shape index (κ3) is 3.82. The van der Waals surface area contributed by atoms with Crippen molar-refractivity contribution in [2.75, 3.05) is 13.2 Å². The van der Waals surface area contributed by atoms with E-state index < -0.39 is 0 Å². The number of ether oxygens (including phenoxy) is 2. The molecular formula is C27H28FN3O2. The molecule has 2 aliphatic rings. The molecule has 0 amide bonds. The standard InChI is InChI=1S/C27H28FN3O2/c1-16-11-25-27(21-3-2-10-29-26(16)21)33-20(15-32-25)13-30-19-7-4-17(5-8-19)23-14-31-24-9-6-18(28)12-22(23)24/h2-3,6,9-12,14,17,19-20,30-31H,4-5,7-8,13,15H2,1H3/t17-,19-,20-/m0/s1. The highest BCUT2D eigenvalue weighted by Gasteiger charge is 2.27. The van der Waals surface area contributed by atoms with E-state index >= 15 is 0 Å². The van der Waals surface area contributed by atoms with E-state index in [1.807, 2.05) is 30.5 Å². The quantitative estimate of drug-likeness (QED) is 0.428. The van der Waals surface area contributed by atoms with Crippen molar-refractivity contribution in [3.8, 4) is 11.5 Å². The van der Waals surface area contributed by atoms with Crippen LogP contribution in [0.3, 0.4) is 0 Å². The maximum absolute atomic E-state index is 13.7. The molecule has 0 unspecified atom stereocenters. The van der Waals surface area contributed by atoms with Crippen LogP contribution in [0.1, 0.15) is 42.7 Å². The summed E-state index contributed by atoms with van der Waals surface area (Å²) in [6.45, 7) is 3.35. The van der Waals surface area contributed by atoms with Gasteiger partial charge in [0.05, 0.1) is 5.52 Å². The first-order chi connectivity index (χ1) is 16.2. The number of nitrogens with zero attached hydrogens (tertiary/aromatic N) is 1. The zero-order chi connectivity index (χ0) is 22.4. The first-order valence-corrected chi connectivity index (χ1v) is 11.8. The number of nitrogens with one attached hydrogen (secondary N) is 2. The number of aromatic amines is 1. The lowest BCUT2D eigenvalue weighted by atomic mass is 9.81. The van der Waals surface area contributed by atoms with E-state index in [9.17, 15) is 4.39 Å². The van der Waals surface area contributed by atoms with E-state index in [-0.39, 0.29) is 11.9 Å². The molecule has 2 N–H and O–H groups in total. The zero-order valence-corrected chi connectivity index (χ0v) is 18.7. The summed E-state index contributed by atoms with van der Waals surface area (Å²) < 4.78 is 26.2. The normalized spacial score (nSPS) is 22.7. The van der Waals surface area contributed by atoms with Gasteiger partial charge in [-0.3, -0.25) is 4.98 Å². The lowest BCUT2D eigenvalue weighted by Gasteiger charge is -2.32. The van der Waals surface area contributed by atoms with Crippen molar-refractivity contribution in [3.05, 3.63) is 65.7 Å². The van der Waals surface area contributed by atoms with Crippen LogP contribution in [-0.2, 0) is 0 Å². The van der Waals surface area contributed by atoms with E-state index in [1.54, 1.807) is 6.07 Å². The number of halogens is 1. The van der Waals surface area contributed by atoms with Crippen molar-refractivity contribution in [2.24, 2.45) is 0 Å². The van der Waals surface area contributed by atoms with Crippen LogP contribution in [0.4, 0.5) is 4.39 Å². The predicted molar refractivity (Wildman–Crippen MR) is 128 cm³/mol. The summed E-state index contributed by atoms with van der Waals surface area (Å²) in [6, 6.07) is 11.5. The van der Waals surface area contributed by atoms with Gasteiger partial charge in [-0.15, -0.1) is 0 Å². The van der Waals surface area contributed by atoms with Gasteiger partial charge >= 0.3 is 0 Å². The van der Waals surface area contributed by atoms with Crippen molar-refractivity contribution in [1.82, 2.24) is 15.3 Å². The summed E-state index contributed by atoms with van der Waals surface area (Å²) in [5.74, 6) is 1.91. The molecule has 0 bridgehead atoms. The summed E-state index contributed by atoms with van der Waals surface area (Å²) in [5.41, 5.74) is 4.32. The Bertz CT molecular complexity index is 1310. The maximum Gasteiger partial charge on any atom is 0.171 e. The van der Waals surface area contributed by atoms with Gasteiger partial charge in [0.2, 0.25) is 0 Å². The second-order valence-corrected chi connectivity index (χ2v) is 9.36. The molecule has 2 aromatic carbocycles. The summed E-state index contributed by atoms with van der Waals surface area (Å²) in [6.07, 6.45) is 8.24. The molecule has 0 spiro atoms. The molecule has 170 valence electrons. The number of hydrogen-bond donors (Lipinski definition) is 2. The van der Waals surface area contributed by atoms with Crippen LogP contribution in [0.5, 0.6) is 11.5 Å². The first kappa shape index (κ1) is 20.5. The fourth-order valence-electron chi connectivity index (χ4n) is 5.44. The second kappa shape index (κ2) is 8.34. The largest absolute Gasteiger partial charge is 0.486 e. The van der Waals surface area contributed by atoms with Gasteiger partial charge in [-0.25, -0.2) is 4.39 Å². The molecule has 5 nitrogen and oxygen atoms in total. The molecule has 33 heavy (non-hydrogen) atoms. The van der Waals surface area contributed by atoms with Crippen LogP contribution in [0, 0.1) is 12.7 Å². The Morgan fingerprint density at radius 3 is 2.88 bits per heavy atom. The number of pyridine rings is 1. The Balaban J connectivity index is 1.08. The number of fused-ring (bicyclic) bond motifs is 4. The van der Waals surface area contributed by atoms with Gasteiger partial charge in [0.15, 0.2) is 11.5 Å². The van der Waals surface area contributed by atoms with E-state index in [4.69, 9.17) is 9.47 Å². The predicted octanol–water partition coefficient (Wildman–Crippen LogP) is 5.62. The lowest BCUT2D eigenvalue weighted by molar-refractivity contribution is 0.0885. The summed E-state index contributed by atoms with van der Waals surface area (Å²) in [7, 11) is 0. The molecule has 2 aromatic heterocycles. The molecule has 1 aliphatic carbocycles. The van der Waals surface area contributed by atoms with Crippen molar-refractivity contribution in [2.45, 2.75) is 50.7 Å². The van der Waals surface area contributed by atoms with Gasteiger partial charge in [-0.1, -0.05) is 0 Å². The Morgan fingerprint density at radius 2 is 2.00 bits per heavy atom. The number of rotatable bonds is 4. The molecule has 1 aliphatic heterocycles. The van der Waals surface area contributed by atoms with Crippen molar-refractivity contribution < 1.29 is 13.9 Å². The Hall–Kier alpha value is -3.12. The van der Waals surface area contributed by atoms with E-state index in [2.05, 4.69) is 28.4 Å². The summed E-state index contributed by atoms with van der Waals surface area (Å²) in [4.78, 5) is 7.81. The van der Waals surface area contributed by atoms with Gasteiger partial charge in [-0.05, 0) is 86.1 Å². The molecule has 6 rings (SSSR count). The Kier molecular flexibility index (Phi) is 5.18. The Morgan fingerprint density at radius 1 is 1.12 bits per heavy atom. The van der Waals surface area contributed by atoms with Gasteiger partial charge in [0, 0.05) is 41.3 Å². The highest BCUT2D eigenvalue weighted by atomic mass is 19.1. The molecule has 1 atom stereocenters. The molecule has 0 radical (unpaired) electrons. The monoisotopic (exact) mass is 445 g/mol. The number of hydrogen-bond acceptors (Lipinski definition) is 4. The van der Waals surface area contributed by atoms with E-state index in [0.717, 1.165) is 71.1 Å². The maximum atomic E-state index is 13.7. The fraction of sp³-hybridized carbons (Fsp3) is 0.370. The van der Waals surface area contributed by atoms with Crippen LogP contribution in [0.15, 0.2) is 48.8 Å². The molecule has 1 fully saturated rings. The van der Waals surface area contributed by atoms with Crippen molar-refractivity contribution in [3.63, 3.8) is 0 Å². The topological polar surface area (TPSA) is 59.2 Å².